The van der Waals surface area contributed by atoms with Crippen molar-refractivity contribution < 1.29 is 0 Å². The van der Waals surface area contributed by atoms with Crippen LogP contribution < -0.4 is 5.73 Å². The Labute approximate surface area is 115 Å². The van der Waals surface area contributed by atoms with Gasteiger partial charge < -0.3 is 5.73 Å². The van der Waals surface area contributed by atoms with Crippen LogP contribution >= 0.6 is 0 Å². The van der Waals surface area contributed by atoms with Crippen molar-refractivity contribution in [2.75, 3.05) is 0 Å². The first kappa shape index (κ1) is 12.4. The fourth-order valence-electron chi connectivity index (χ4n) is 3.04. The van der Waals surface area contributed by atoms with Crippen LogP contribution in [0, 0.1) is 6.92 Å². The van der Waals surface area contributed by atoms with Crippen molar-refractivity contribution in [2.45, 2.75) is 39.2 Å². The first-order valence-corrected chi connectivity index (χ1v) is 7.19. The van der Waals surface area contributed by atoms with E-state index in [-0.39, 0.29) is 0 Å². The topological polar surface area (TPSA) is 26.0 Å². The zero-order chi connectivity index (χ0) is 13.2. The Balaban J connectivity index is 2.09. The molecule has 0 radical (unpaired) electrons. The first-order chi connectivity index (χ1) is 9.28. The molecule has 0 spiro atoms. The van der Waals surface area contributed by atoms with Gasteiger partial charge in [0, 0.05) is 6.54 Å². The minimum Gasteiger partial charge on any atom is -0.326 e. The molecule has 0 unspecified atom stereocenters. The zero-order valence-corrected chi connectivity index (χ0v) is 11.6. The fourth-order valence-corrected chi connectivity index (χ4v) is 3.04. The van der Waals surface area contributed by atoms with Gasteiger partial charge >= 0.3 is 0 Å². The Morgan fingerprint density at radius 1 is 0.947 bits per heavy atom. The smallest absolute Gasteiger partial charge is 0.0184 e. The molecular weight excluding hydrogens is 230 g/mol. The molecule has 2 aromatic carbocycles. The average molecular weight is 251 g/mol. The van der Waals surface area contributed by atoms with Gasteiger partial charge in [0.15, 0.2) is 0 Å². The van der Waals surface area contributed by atoms with E-state index in [9.17, 15) is 0 Å². The predicted molar refractivity (Wildman–Crippen MR) is 81.1 cm³/mol. The first-order valence-electron chi connectivity index (χ1n) is 7.19. The van der Waals surface area contributed by atoms with Crippen molar-refractivity contribution in [1.29, 1.82) is 0 Å². The maximum Gasteiger partial charge on any atom is 0.0184 e. The number of hydrogen-bond donors (Lipinski definition) is 1. The molecule has 2 N–H and O–H groups in total. The van der Waals surface area contributed by atoms with Crippen molar-refractivity contribution in [1.82, 2.24) is 0 Å². The lowest BCUT2D eigenvalue weighted by Gasteiger charge is -2.18. The van der Waals surface area contributed by atoms with Gasteiger partial charge in [-0.3, -0.25) is 0 Å². The highest BCUT2D eigenvalue weighted by molar-refractivity contribution is 5.69. The molecule has 0 heterocycles. The van der Waals surface area contributed by atoms with E-state index in [4.69, 9.17) is 5.73 Å². The Hall–Kier alpha value is -1.60. The number of benzene rings is 2. The third-order valence-corrected chi connectivity index (χ3v) is 4.14. The van der Waals surface area contributed by atoms with Crippen molar-refractivity contribution in [3.8, 4) is 11.1 Å². The second-order valence-corrected chi connectivity index (χ2v) is 5.56. The molecule has 0 bridgehead atoms. The Kier molecular flexibility index (Phi) is 3.39. The van der Waals surface area contributed by atoms with E-state index in [1.54, 1.807) is 0 Å². The normalized spacial score (nSPS) is 14.2. The summed E-state index contributed by atoms with van der Waals surface area (Å²) < 4.78 is 0. The maximum atomic E-state index is 5.88. The van der Waals surface area contributed by atoms with Crippen molar-refractivity contribution in [2.24, 2.45) is 5.73 Å². The van der Waals surface area contributed by atoms with Crippen LogP contribution in [0.4, 0.5) is 0 Å². The van der Waals surface area contributed by atoms with Gasteiger partial charge in [0.05, 0.1) is 0 Å². The van der Waals surface area contributed by atoms with E-state index in [2.05, 4.69) is 43.3 Å². The molecule has 0 saturated carbocycles. The third-order valence-electron chi connectivity index (χ3n) is 4.14. The fraction of sp³-hybridized carbons (Fsp3) is 0.333. The van der Waals surface area contributed by atoms with E-state index in [1.165, 1.54) is 59.1 Å². The van der Waals surface area contributed by atoms with E-state index < -0.39 is 0 Å². The molecule has 0 atom stereocenters. The van der Waals surface area contributed by atoms with Crippen LogP contribution in [0.25, 0.3) is 11.1 Å². The second-order valence-electron chi connectivity index (χ2n) is 5.56. The molecule has 19 heavy (non-hydrogen) atoms. The van der Waals surface area contributed by atoms with Crippen LogP contribution in [0.5, 0.6) is 0 Å². The largest absolute Gasteiger partial charge is 0.326 e. The summed E-state index contributed by atoms with van der Waals surface area (Å²) in [4.78, 5) is 0. The molecule has 0 saturated heterocycles. The van der Waals surface area contributed by atoms with E-state index in [0.717, 1.165) is 0 Å². The molecule has 0 aromatic heterocycles. The van der Waals surface area contributed by atoms with Gasteiger partial charge in [-0.1, -0.05) is 42.0 Å². The van der Waals surface area contributed by atoms with Gasteiger partial charge in [-0.2, -0.15) is 0 Å². The van der Waals surface area contributed by atoms with Crippen molar-refractivity contribution in [3.63, 3.8) is 0 Å². The Morgan fingerprint density at radius 2 is 1.74 bits per heavy atom. The lowest BCUT2D eigenvalue weighted by Crippen LogP contribution is -2.03. The van der Waals surface area contributed by atoms with Gasteiger partial charge in [0.1, 0.15) is 0 Å². The predicted octanol–water partition coefficient (Wildman–Crippen LogP) is 4.00. The SMILES string of the molecule is Cc1ccc(CN)c(-c2ccc3c(c2)CCCC3)c1. The van der Waals surface area contributed by atoms with Crippen LogP contribution in [-0.4, -0.2) is 0 Å². The quantitative estimate of drug-likeness (QED) is 0.857. The molecule has 0 aliphatic heterocycles. The van der Waals surface area contributed by atoms with Crippen LogP contribution in [0.15, 0.2) is 36.4 Å². The summed E-state index contributed by atoms with van der Waals surface area (Å²) in [6.45, 7) is 2.74. The molecule has 3 rings (SSSR count). The van der Waals surface area contributed by atoms with Gasteiger partial charge in [-0.15, -0.1) is 0 Å². The highest BCUT2D eigenvalue weighted by atomic mass is 14.5. The van der Waals surface area contributed by atoms with Crippen LogP contribution in [-0.2, 0) is 19.4 Å². The lowest BCUT2D eigenvalue weighted by molar-refractivity contribution is 0.686. The zero-order valence-electron chi connectivity index (χ0n) is 11.6. The molecule has 1 heteroatoms. The minimum absolute atomic E-state index is 0.604. The summed E-state index contributed by atoms with van der Waals surface area (Å²) in [5.74, 6) is 0. The molecule has 1 aliphatic carbocycles. The van der Waals surface area contributed by atoms with Crippen molar-refractivity contribution >= 4 is 0 Å². The summed E-state index contributed by atoms with van der Waals surface area (Å²) >= 11 is 0. The number of fused-ring (bicyclic) bond motifs is 1. The number of aryl methyl sites for hydroxylation is 3. The van der Waals surface area contributed by atoms with Gasteiger partial charge in [-0.05, 0) is 60.4 Å². The van der Waals surface area contributed by atoms with E-state index in [0.29, 0.717) is 6.54 Å². The average Bonchev–Trinajstić information content (AvgIpc) is 2.46. The second kappa shape index (κ2) is 5.18. The molecule has 98 valence electrons. The monoisotopic (exact) mass is 251 g/mol. The molecule has 1 nitrogen and oxygen atoms in total. The number of hydrogen-bond acceptors (Lipinski definition) is 1. The maximum absolute atomic E-state index is 5.88. The lowest BCUT2D eigenvalue weighted by atomic mass is 9.88. The van der Waals surface area contributed by atoms with Crippen LogP contribution in [0.3, 0.4) is 0 Å². The summed E-state index contributed by atoms with van der Waals surface area (Å²) in [5.41, 5.74) is 14.1. The Bertz CT molecular complexity index is 599. The highest BCUT2D eigenvalue weighted by Gasteiger charge is 2.11. The summed E-state index contributed by atoms with van der Waals surface area (Å²) in [7, 11) is 0. The molecule has 0 amide bonds. The molecule has 1 aliphatic rings. The third kappa shape index (κ3) is 2.43. The highest BCUT2D eigenvalue weighted by Crippen LogP contribution is 2.30. The number of nitrogens with two attached hydrogens (primary N) is 1. The summed E-state index contributed by atoms with van der Waals surface area (Å²) in [6.07, 6.45) is 5.14. The molecule has 2 aromatic rings. The molecule has 0 fully saturated rings. The summed E-state index contributed by atoms with van der Waals surface area (Å²) in [6, 6.07) is 13.5. The van der Waals surface area contributed by atoms with Gasteiger partial charge in [0.2, 0.25) is 0 Å². The van der Waals surface area contributed by atoms with Crippen LogP contribution in [0.1, 0.15) is 35.1 Å². The Morgan fingerprint density at radius 3 is 2.53 bits per heavy atom. The van der Waals surface area contributed by atoms with Crippen LogP contribution in [0.2, 0.25) is 0 Å². The van der Waals surface area contributed by atoms with Gasteiger partial charge in [-0.25, -0.2) is 0 Å². The summed E-state index contributed by atoms with van der Waals surface area (Å²) in [5, 5.41) is 0. The van der Waals surface area contributed by atoms with Gasteiger partial charge in [0.25, 0.3) is 0 Å². The van der Waals surface area contributed by atoms with Crippen molar-refractivity contribution in [3.05, 3.63) is 58.7 Å². The minimum atomic E-state index is 0.604. The standard InChI is InChI=1S/C18H21N/c1-13-6-7-17(12-19)18(10-13)16-9-8-14-4-2-3-5-15(14)11-16/h6-11H,2-5,12,19H2,1H3. The van der Waals surface area contributed by atoms with E-state index in [1.807, 2.05) is 0 Å². The van der Waals surface area contributed by atoms with E-state index >= 15 is 0 Å². The number of rotatable bonds is 2. The molecular formula is C18H21N.